The van der Waals surface area contributed by atoms with Gasteiger partial charge in [0.1, 0.15) is 6.10 Å². The quantitative estimate of drug-likeness (QED) is 0.636. The first-order valence-corrected chi connectivity index (χ1v) is 5.56. The van der Waals surface area contributed by atoms with Gasteiger partial charge in [-0.15, -0.1) is 0 Å². The number of nitrogens with zero attached hydrogens (tertiary/aromatic N) is 1. The first kappa shape index (κ1) is 12.3. The molecule has 15 heavy (non-hydrogen) atoms. The van der Waals surface area contributed by atoms with Crippen LogP contribution in [0.5, 0.6) is 0 Å². The lowest BCUT2D eigenvalue weighted by Gasteiger charge is -2.15. The van der Waals surface area contributed by atoms with Gasteiger partial charge in [-0.25, -0.2) is 0 Å². The standard InChI is InChI=1S/C10H12BrNO3/c1-6(13)7-2-8(5-12-4-7)10(15)9(14)3-11/h2,4-5,9-10,14-15H,3H2,1H3. The lowest BCUT2D eigenvalue weighted by atomic mass is 10.0. The van der Waals surface area contributed by atoms with Gasteiger partial charge in [0.15, 0.2) is 5.78 Å². The molecule has 5 heteroatoms. The van der Waals surface area contributed by atoms with Crippen LogP contribution in [0.15, 0.2) is 18.5 Å². The number of ketones is 1. The Balaban J connectivity index is 2.94. The summed E-state index contributed by atoms with van der Waals surface area (Å²) < 4.78 is 0. The van der Waals surface area contributed by atoms with Gasteiger partial charge in [0.2, 0.25) is 0 Å². The van der Waals surface area contributed by atoms with E-state index in [1.165, 1.54) is 25.4 Å². The van der Waals surface area contributed by atoms with Gasteiger partial charge in [0.25, 0.3) is 0 Å². The minimum absolute atomic E-state index is 0.120. The average molecular weight is 274 g/mol. The molecule has 82 valence electrons. The maximum absolute atomic E-state index is 11.1. The normalized spacial score (nSPS) is 14.7. The SMILES string of the molecule is CC(=O)c1cncc(C(O)C(O)CBr)c1. The summed E-state index contributed by atoms with van der Waals surface area (Å²) in [6.45, 7) is 1.42. The van der Waals surface area contributed by atoms with E-state index in [-0.39, 0.29) is 11.1 Å². The topological polar surface area (TPSA) is 70.4 Å². The van der Waals surface area contributed by atoms with Crippen LogP contribution in [0.4, 0.5) is 0 Å². The smallest absolute Gasteiger partial charge is 0.161 e. The van der Waals surface area contributed by atoms with E-state index in [0.29, 0.717) is 11.1 Å². The van der Waals surface area contributed by atoms with Crippen LogP contribution in [0, 0.1) is 0 Å². The van der Waals surface area contributed by atoms with E-state index in [0.717, 1.165) is 0 Å². The average Bonchev–Trinajstić information content (AvgIpc) is 2.27. The molecule has 2 N–H and O–H groups in total. The molecule has 0 aliphatic heterocycles. The highest BCUT2D eigenvalue weighted by molar-refractivity contribution is 9.09. The van der Waals surface area contributed by atoms with E-state index >= 15 is 0 Å². The van der Waals surface area contributed by atoms with Crippen molar-refractivity contribution in [1.29, 1.82) is 0 Å². The van der Waals surface area contributed by atoms with Gasteiger partial charge in [-0.3, -0.25) is 9.78 Å². The Morgan fingerprint density at radius 2 is 2.20 bits per heavy atom. The van der Waals surface area contributed by atoms with Crippen molar-refractivity contribution in [3.63, 3.8) is 0 Å². The number of hydrogen-bond donors (Lipinski definition) is 2. The molecule has 1 aromatic rings. The molecule has 0 fully saturated rings. The van der Waals surface area contributed by atoms with Crippen molar-refractivity contribution in [2.45, 2.75) is 19.1 Å². The fourth-order valence-electron chi connectivity index (χ4n) is 1.12. The molecule has 0 saturated heterocycles. The number of alkyl halides is 1. The Kier molecular flexibility index (Phi) is 4.38. The largest absolute Gasteiger partial charge is 0.389 e. The Bertz CT molecular complexity index is 356. The molecule has 0 spiro atoms. The predicted molar refractivity (Wildman–Crippen MR) is 59.0 cm³/mol. The molecule has 0 radical (unpaired) electrons. The predicted octanol–water partition coefficient (Wildman–Crippen LogP) is 1.07. The van der Waals surface area contributed by atoms with Gasteiger partial charge in [-0.1, -0.05) is 15.9 Å². The molecule has 0 bridgehead atoms. The van der Waals surface area contributed by atoms with Crippen molar-refractivity contribution in [2.24, 2.45) is 0 Å². The number of carbonyl (C=O) groups is 1. The first-order valence-electron chi connectivity index (χ1n) is 4.44. The molecule has 0 saturated carbocycles. The molecule has 1 heterocycles. The molecule has 0 aliphatic carbocycles. The minimum atomic E-state index is -1.03. The third-order valence-electron chi connectivity index (χ3n) is 2.03. The zero-order valence-corrected chi connectivity index (χ0v) is 9.81. The first-order chi connectivity index (χ1) is 7.06. The van der Waals surface area contributed by atoms with Crippen LogP contribution in [0.1, 0.15) is 28.9 Å². The highest BCUT2D eigenvalue weighted by Gasteiger charge is 2.18. The maximum Gasteiger partial charge on any atom is 0.161 e. The minimum Gasteiger partial charge on any atom is -0.389 e. The molecule has 4 nitrogen and oxygen atoms in total. The van der Waals surface area contributed by atoms with E-state index in [1.807, 2.05) is 0 Å². The Hall–Kier alpha value is -0.780. The van der Waals surface area contributed by atoms with Gasteiger partial charge < -0.3 is 10.2 Å². The van der Waals surface area contributed by atoms with E-state index in [1.54, 1.807) is 0 Å². The van der Waals surface area contributed by atoms with E-state index in [9.17, 15) is 15.0 Å². The van der Waals surface area contributed by atoms with Crippen molar-refractivity contribution in [2.75, 3.05) is 5.33 Å². The number of pyridine rings is 1. The Morgan fingerprint density at radius 3 is 2.73 bits per heavy atom. The monoisotopic (exact) mass is 273 g/mol. The molecular weight excluding hydrogens is 262 g/mol. The molecule has 0 amide bonds. The van der Waals surface area contributed by atoms with Gasteiger partial charge >= 0.3 is 0 Å². The fraction of sp³-hybridized carbons (Fsp3) is 0.400. The number of aromatic nitrogens is 1. The maximum atomic E-state index is 11.1. The summed E-state index contributed by atoms with van der Waals surface area (Å²) in [5.74, 6) is -0.120. The molecule has 1 aromatic heterocycles. The number of hydrogen-bond acceptors (Lipinski definition) is 4. The van der Waals surface area contributed by atoms with Crippen LogP contribution in [0.2, 0.25) is 0 Å². The van der Waals surface area contributed by atoms with Gasteiger partial charge in [0, 0.05) is 28.9 Å². The van der Waals surface area contributed by atoms with Crippen LogP contribution in [-0.4, -0.2) is 32.4 Å². The Labute approximate surface area is 96.1 Å². The van der Waals surface area contributed by atoms with Crippen LogP contribution < -0.4 is 0 Å². The molecule has 0 aromatic carbocycles. The summed E-state index contributed by atoms with van der Waals surface area (Å²) in [5.41, 5.74) is 0.864. The highest BCUT2D eigenvalue weighted by atomic mass is 79.9. The van der Waals surface area contributed by atoms with Crippen molar-refractivity contribution in [3.05, 3.63) is 29.6 Å². The van der Waals surface area contributed by atoms with E-state index in [2.05, 4.69) is 20.9 Å². The van der Waals surface area contributed by atoms with Gasteiger partial charge in [-0.2, -0.15) is 0 Å². The number of carbonyl (C=O) groups excluding carboxylic acids is 1. The lowest BCUT2D eigenvalue weighted by Crippen LogP contribution is -2.19. The van der Waals surface area contributed by atoms with Crippen LogP contribution in [-0.2, 0) is 0 Å². The molecule has 2 atom stereocenters. The lowest BCUT2D eigenvalue weighted by molar-refractivity contribution is 0.0340. The van der Waals surface area contributed by atoms with E-state index in [4.69, 9.17) is 0 Å². The molecular formula is C10H12BrNO3. The molecule has 1 rings (SSSR count). The zero-order valence-electron chi connectivity index (χ0n) is 8.22. The van der Waals surface area contributed by atoms with Gasteiger partial charge in [-0.05, 0) is 13.0 Å². The third-order valence-corrected chi connectivity index (χ3v) is 2.69. The highest BCUT2D eigenvalue weighted by Crippen LogP contribution is 2.18. The summed E-state index contributed by atoms with van der Waals surface area (Å²) in [7, 11) is 0. The third kappa shape index (κ3) is 3.09. The summed E-state index contributed by atoms with van der Waals surface area (Å²) >= 11 is 3.06. The van der Waals surface area contributed by atoms with Crippen LogP contribution in [0.25, 0.3) is 0 Å². The summed E-state index contributed by atoms with van der Waals surface area (Å²) in [5, 5.41) is 19.3. The number of aliphatic hydroxyl groups is 2. The number of rotatable bonds is 4. The molecule has 2 unspecified atom stereocenters. The summed E-state index contributed by atoms with van der Waals surface area (Å²) in [6, 6.07) is 1.53. The van der Waals surface area contributed by atoms with E-state index < -0.39 is 12.2 Å². The van der Waals surface area contributed by atoms with Crippen molar-refractivity contribution in [3.8, 4) is 0 Å². The second-order valence-electron chi connectivity index (χ2n) is 3.23. The van der Waals surface area contributed by atoms with Crippen molar-refractivity contribution in [1.82, 2.24) is 4.98 Å². The van der Waals surface area contributed by atoms with Crippen molar-refractivity contribution >= 4 is 21.7 Å². The summed E-state index contributed by atoms with van der Waals surface area (Å²) in [4.78, 5) is 14.9. The van der Waals surface area contributed by atoms with Crippen molar-refractivity contribution < 1.29 is 15.0 Å². The number of halogens is 1. The zero-order chi connectivity index (χ0) is 11.4. The second kappa shape index (κ2) is 5.34. The Morgan fingerprint density at radius 1 is 1.53 bits per heavy atom. The number of aliphatic hydroxyl groups excluding tert-OH is 2. The number of Topliss-reactive ketones (excluding diaryl/α,β-unsaturated/α-hetero) is 1. The van der Waals surface area contributed by atoms with Crippen LogP contribution >= 0.6 is 15.9 Å². The second-order valence-corrected chi connectivity index (χ2v) is 3.88. The molecule has 0 aliphatic rings. The van der Waals surface area contributed by atoms with Gasteiger partial charge in [0.05, 0.1) is 6.10 Å². The fourth-order valence-corrected chi connectivity index (χ4v) is 1.47. The summed E-state index contributed by atoms with van der Waals surface area (Å²) in [6.07, 6.45) is 0.924. The van der Waals surface area contributed by atoms with Crippen LogP contribution in [0.3, 0.4) is 0 Å².